The molecule has 0 aliphatic heterocycles. The Bertz CT molecular complexity index is 953. The van der Waals surface area contributed by atoms with Crippen molar-refractivity contribution in [2.45, 2.75) is 50.7 Å². The van der Waals surface area contributed by atoms with Gasteiger partial charge in [-0.1, -0.05) is 0 Å². The number of anilines is 3. The highest BCUT2D eigenvalue weighted by Gasteiger charge is 2.54. The summed E-state index contributed by atoms with van der Waals surface area (Å²) in [7, 11) is 0. The second-order valence-electron chi connectivity index (χ2n) is 8.86. The van der Waals surface area contributed by atoms with Gasteiger partial charge < -0.3 is 21.1 Å². The molecule has 4 aliphatic rings. The van der Waals surface area contributed by atoms with E-state index in [1.54, 1.807) is 0 Å². The third kappa shape index (κ3) is 3.19. The number of H-pyrrole nitrogens is 1. The van der Waals surface area contributed by atoms with Crippen LogP contribution >= 0.6 is 0 Å². The molecule has 4 saturated carbocycles. The number of aliphatic imine (C=N–C) groups is 1. The van der Waals surface area contributed by atoms with Crippen LogP contribution in [0.4, 0.5) is 23.4 Å². The van der Waals surface area contributed by atoms with Gasteiger partial charge in [0.1, 0.15) is 5.82 Å². The van der Waals surface area contributed by atoms with Crippen molar-refractivity contribution in [1.82, 2.24) is 20.2 Å². The lowest BCUT2D eigenvalue weighted by molar-refractivity contribution is -0.129. The molecule has 2 unspecified atom stereocenters. The third-order valence-corrected chi connectivity index (χ3v) is 6.71. The Labute approximate surface area is 169 Å². The van der Waals surface area contributed by atoms with Crippen LogP contribution in [0.5, 0.6) is 0 Å². The molecule has 152 valence electrons. The first kappa shape index (κ1) is 18.2. The van der Waals surface area contributed by atoms with Gasteiger partial charge >= 0.3 is 0 Å². The highest BCUT2D eigenvalue weighted by atomic mass is 16.3. The average molecular weight is 394 g/mol. The minimum atomic E-state index is -0.474. The first-order valence-corrected chi connectivity index (χ1v) is 10.1. The van der Waals surface area contributed by atoms with Gasteiger partial charge in [-0.05, 0) is 63.5 Å². The van der Waals surface area contributed by atoms with Crippen LogP contribution in [0.3, 0.4) is 0 Å². The van der Waals surface area contributed by atoms with Crippen LogP contribution in [0.1, 0.15) is 43.4 Å². The molecule has 0 aromatic carbocycles. The van der Waals surface area contributed by atoms with Crippen LogP contribution in [0.15, 0.2) is 11.1 Å². The van der Waals surface area contributed by atoms with Gasteiger partial charge in [-0.15, -0.1) is 0 Å². The predicted octanol–water partition coefficient (Wildman–Crippen LogP) is 2.93. The van der Waals surface area contributed by atoms with Crippen molar-refractivity contribution in [3.63, 3.8) is 0 Å². The average Bonchev–Trinajstić information content (AvgIpc) is 3.07. The van der Waals surface area contributed by atoms with Gasteiger partial charge in [-0.2, -0.15) is 15.1 Å². The number of hydrogen-bond acceptors (Lipinski definition) is 8. The first-order valence-electron chi connectivity index (χ1n) is 10.1. The molecule has 5 N–H and O–H groups in total. The zero-order valence-electron chi connectivity index (χ0n) is 16.4. The normalized spacial score (nSPS) is 32.2. The van der Waals surface area contributed by atoms with Gasteiger partial charge in [0.25, 0.3) is 0 Å². The Hall–Kier alpha value is -2.81. The van der Waals surface area contributed by atoms with Crippen LogP contribution in [-0.2, 0) is 0 Å². The molecule has 0 saturated heterocycles. The zero-order valence-corrected chi connectivity index (χ0v) is 16.4. The van der Waals surface area contributed by atoms with Crippen LogP contribution in [0.2, 0.25) is 0 Å². The summed E-state index contributed by atoms with van der Waals surface area (Å²) in [5.74, 6) is 3.41. The van der Waals surface area contributed by atoms with E-state index in [9.17, 15) is 5.11 Å². The van der Waals surface area contributed by atoms with Crippen LogP contribution < -0.4 is 10.6 Å². The predicted molar refractivity (Wildman–Crippen MR) is 112 cm³/mol. The van der Waals surface area contributed by atoms with E-state index in [-0.39, 0.29) is 6.04 Å². The number of aryl methyl sites for hydroxylation is 1. The SMILES string of the molecule is C=Nc1nc(NC2C3CC4CC2CC(O)(C4)C3)nc(Nc2cc(C)[nH]n2)c1C=N. The molecule has 2 heterocycles. The summed E-state index contributed by atoms with van der Waals surface area (Å²) >= 11 is 0. The molecule has 9 heteroatoms. The molecule has 4 aliphatic carbocycles. The molecular weight excluding hydrogens is 368 g/mol. The first-order chi connectivity index (χ1) is 14.0. The monoisotopic (exact) mass is 394 g/mol. The van der Waals surface area contributed by atoms with Crippen LogP contribution in [-0.4, -0.2) is 49.8 Å². The molecule has 0 spiro atoms. The number of hydrogen-bond donors (Lipinski definition) is 5. The second-order valence-corrected chi connectivity index (χ2v) is 8.86. The number of aromatic amines is 1. The maximum absolute atomic E-state index is 10.8. The molecule has 2 aromatic heterocycles. The van der Waals surface area contributed by atoms with Crippen molar-refractivity contribution < 1.29 is 5.11 Å². The van der Waals surface area contributed by atoms with Crippen molar-refractivity contribution in [2.24, 2.45) is 22.7 Å². The Kier molecular flexibility index (Phi) is 4.16. The van der Waals surface area contributed by atoms with Crippen LogP contribution in [0.25, 0.3) is 0 Å². The van der Waals surface area contributed by atoms with E-state index in [1.807, 2.05) is 13.0 Å². The molecule has 0 amide bonds. The molecule has 2 atom stereocenters. The molecule has 2 aromatic rings. The number of nitrogens with zero attached hydrogens (tertiary/aromatic N) is 4. The summed E-state index contributed by atoms with van der Waals surface area (Å²) in [4.78, 5) is 13.1. The fourth-order valence-electron chi connectivity index (χ4n) is 5.84. The summed E-state index contributed by atoms with van der Waals surface area (Å²) < 4.78 is 0. The second kappa shape index (κ2) is 6.62. The standard InChI is InChI=1S/C20H26N8O/c1-10-3-15(28-27-10)23-18-14(9-21)17(22-2)25-19(26-18)24-16-12-4-11-5-13(16)8-20(29,6-11)7-12/h3,9,11-13,16,21,29H,2,4-8H2,1H3,(H3,23,24,25,26,27,28). The number of rotatable bonds is 6. The number of nitrogens with one attached hydrogen (secondary N) is 4. The molecule has 4 fully saturated rings. The molecule has 4 bridgehead atoms. The van der Waals surface area contributed by atoms with E-state index in [2.05, 4.69) is 42.5 Å². The highest BCUT2D eigenvalue weighted by molar-refractivity contribution is 5.91. The lowest BCUT2D eigenvalue weighted by Crippen LogP contribution is -2.59. The zero-order chi connectivity index (χ0) is 20.2. The van der Waals surface area contributed by atoms with E-state index >= 15 is 0 Å². The maximum Gasteiger partial charge on any atom is 0.226 e. The fraction of sp³-hybridized carbons (Fsp3) is 0.550. The third-order valence-electron chi connectivity index (χ3n) is 6.71. The molecule has 29 heavy (non-hydrogen) atoms. The molecule has 9 nitrogen and oxygen atoms in total. The minimum Gasteiger partial charge on any atom is -0.390 e. The number of aromatic nitrogens is 4. The van der Waals surface area contributed by atoms with Crippen molar-refractivity contribution in [3.05, 3.63) is 17.3 Å². The smallest absolute Gasteiger partial charge is 0.226 e. The van der Waals surface area contributed by atoms with Gasteiger partial charge in [-0.3, -0.25) is 5.10 Å². The van der Waals surface area contributed by atoms with Crippen molar-refractivity contribution in [2.75, 3.05) is 10.6 Å². The van der Waals surface area contributed by atoms with E-state index in [1.165, 1.54) is 6.21 Å². The Morgan fingerprint density at radius 2 is 2.07 bits per heavy atom. The molecule has 0 radical (unpaired) electrons. The molecule has 6 rings (SSSR count). The maximum atomic E-state index is 10.8. The van der Waals surface area contributed by atoms with E-state index in [4.69, 9.17) is 5.41 Å². The summed E-state index contributed by atoms with van der Waals surface area (Å²) in [5.41, 5.74) is 0.910. The van der Waals surface area contributed by atoms with Crippen molar-refractivity contribution in [3.8, 4) is 0 Å². The summed E-state index contributed by atoms with van der Waals surface area (Å²) in [6.07, 6.45) is 6.13. The van der Waals surface area contributed by atoms with Gasteiger partial charge in [-0.25, -0.2) is 4.99 Å². The summed E-state index contributed by atoms with van der Waals surface area (Å²) in [5, 5.41) is 32.3. The topological polar surface area (TPSA) is 135 Å². The van der Waals surface area contributed by atoms with Crippen molar-refractivity contribution in [1.29, 1.82) is 5.41 Å². The lowest BCUT2D eigenvalue weighted by Gasteiger charge is -2.58. The van der Waals surface area contributed by atoms with Gasteiger partial charge in [0, 0.05) is 24.0 Å². The van der Waals surface area contributed by atoms with E-state index < -0.39 is 5.60 Å². The van der Waals surface area contributed by atoms with Crippen molar-refractivity contribution >= 4 is 36.3 Å². The van der Waals surface area contributed by atoms with Gasteiger partial charge in [0.05, 0.1) is 11.2 Å². The number of aliphatic hydroxyl groups is 1. The van der Waals surface area contributed by atoms with Gasteiger partial charge in [0.15, 0.2) is 11.6 Å². The minimum absolute atomic E-state index is 0.246. The van der Waals surface area contributed by atoms with E-state index in [0.29, 0.717) is 46.7 Å². The Balaban J connectivity index is 1.45. The summed E-state index contributed by atoms with van der Waals surface area (Å²) in [6.45, 7) is 5.52. The van der Waals surface area contributed by atoms with E-state index in [0.717, 1.165) is 37.8 Å². The molecular formula is C20H26N8O. The van der Waals surface area contributed by atoms with Crippen LogP contribution in [0, 0.1) is 30.1 Å². The largest absolute Gasteiger partial charge is 0.390 e. The van der Waals surface area contributed by atoms with Gasteiger partial charge in [0.2, 0.25) is 5.95 Å². The fourth-order valence-corrected chi connectivity index (χ4v) is 5.84. The quantitative estimate of drug-likeness (QED) is 0.478. The Morgan fingerprint density at radius 3 is 2.66 bits per heavy atom. The highest BCUT2D eigenvalue weighted by Crippen LogP contribution is 2.56. The lowest BCUT2D eigenvalue weighted by atomic mass is 9.52. The summed E-state index contributed by atoms with van der Waals surface area (Å²) in [6, 6.07) is 2.11. The Morgan fingerprint density at radius 1 is 1.31 bits per heavy atom.